The molecule has 0 aliphatic carbocycles. The SMILES string of the molecule is CC(C)c1nnc(SCC(=O)O)n1CCC(F)(F)F. The zero-order valence-electron chi connectivity index (χ0n) is 10.4. The van der Waals surface area contributed by atoms with Gasteiger partial charge in [0.2, 0.25) is 0 Å². The van der Waals surface area contributed by atoms with Crippen LogP contribution in [0.1, 0.15) is 32.0 Å². The van der Waals surface area contributed by atoms with Crippen LogP contribution >= 0.6 is 11.8 Å². The maximum Gasteiger partial charge on any atom is 0.390 e. The summed E-state index contributed by atoms with van der Waals surface area (Å²) in [5.41, 5.74) is 0. The molecule has 1 heterocycles. The molecule has 9 heteroatoms. The Morgan fingerprint density at radius 3 is 2.53 bits per heavy atom. The van der Waals surface area contributed by atoms with E-state index in [4.69, 9.17) is 5.11 Å². The van der Waals surface area contributed by atoms with E-state index in [1.807, 2.05) is 0 Å². The molecule has 0 radical (unpaired) electrons. The highest BCUT2D eigenvalue weighted by Gasteiger charge is 2.28. The van der Waals surface area contributed by atoms with Gasteiger partial charge in [-0.2, -0.15) is 13.2 Å². The van der Waals surface area contributed by atoms with Crippen molar-refractivity contribution in [1.29, 1.82) is 0 Å². The molecular formula is C10H14F3N3O2S. The Balaban J connectivity index is 2.88. The number of hydrogen-bond acceptors (Lipinski definition) is 4. The second-order valence-corrected chi connectivity index (χ2v) is 5.14. The van der Waals surface area contributed by atoms with Crippen molar-refractivity contribution in [2.75, 3.05) is 5.75 Å². The third-order valence-corrected chi connectivity index (χ3v) is 3.16. The lowest BCUT2D eigenvalue weighted by atomic mass is 10.2. The lowest BCUT2D eigenvalue weighted by Crippen LogP contribution is -2.15. The van der Waals surface area contributed by atoms with Gasteiger partial charge in [0.25, 0.3) is 0 Å². The van der Waals surface area contributed by atoms with Crippen LogP contribution in [0, 0.1) is 0 Å². The smallest absolute Gasteiger partial charge is 0.390 e. The number of aromatic nitrogens is 3. The maximum absolute atomic E-state index is 12.3. The van der Waals surface area contributed by atoms with E-state index in [0.29, 0.717) is 5.82 Å². The Morgan fingerprint density at radius 1 is 1.42 bits per heavy atom. The van der Waals surface area contributed by atoms with Gasteiger partial charge in [-0.15, -0.1) is 10.2 Å². The summed E-state index contributed by atoms with van der Waals surface area (Å²) < 4.78 is 38.2. The molecule has 5 nitrogen and oxygen atoms in total. The van der Waals surface area contributed by atoms with E-state index in [9.17, 15) is 18.0 Å². The van der Waals surface area contributed by atoms with Gasteiger partial charge in [0.05, 0.1) is 12.2 Å². The summed E-state index contributed by atoms with van der Waals surface area (Å²) in [5, 5.41) is 16.4. The van der Waals surface area contributed by atoms with Crippen molar-refractivity contribution in [3.05, 3.63) is 5.82 Å². The Labute approximate surface area is 112 Å². The van der Waals surface area contributed by atoms with E-state index in [1.54, 1.807) is 13.8 Å². The summed E-state index contributed by atoms with van der Waals surface area (Å²) in [4.78, 5) is 10.5. The Bertz CT molecular complexity index is 446. The van der Waals surface area contributed by atoms with Crippen molar-refractivity contribution >= 4 is 17.7 Å². The molecule has 0 amide bonds. The number of hydrogen-bond donors (Lipinski definition) is 1. The highest BCUT2D eigenvalue weighted by Crippen LogP contribution is 2.25. The molecule has 0 spiro atoms. The third-order valence-electron chi connectivity index (χ3n) is 2.21. The minimum absolute atomic E-state index is 0.0834. The molecule has 0 saturated heterocycles. The summed E-state index contributed by atoms with van der Waals surface area (Å²) in [7, 11) is 0. The van der Waals surface area contributed by atoms with E-state index in [1.165, 1.54) is 4.57 Å². The molecule has 108 valence electrons. The molecule has 1 aromatic rings. The van der Waals surface area contributed by atoms with Gasteiger partial charge >= 0.3 is 12.1 Å². The highest BCUT2D eigenvalue weighted by atomic mass is 32.2. The minimum Gasteiger partial charge on any atom is -0.481 e. The number of thioether (sulfide) groups is 1. The van der Waals surface area contributed by atoms with Crippen LogP contribution in [0.5, 0.6) is 0 Å². The largest absolute Gasteiger partial charge is 0.481 e. The second-order valence-electron chi connectivity index (χ2n) is 4.19. The number of nitrogens with zero attached hydrogens (tertiary/aromatic N) is 3. The van der Waals surface area contributed by atoms with Crippen LogP contribution in [0.4, 0.5) is 13.2 Å². The van der Waals surface area contributed by atoms with E-state index >= 15 is 0 Å². The molecule has 0 atom stereocenters. The molecule has 0 bridgehead atoms. The minimum atomic E-state index is -4.27. The predicted molar refractivity (Wildman–Crippen MR) is 63.1 cm³/mol. The summed E-state index contributed by atoms with van der Waals surface area (Å²) in [5.74, 6) is -0.971. The number of carboxylic acid groups (broad SMARTS) is 1. The first-order valence-electron chi connectivity index (χ1n) is 5.55. The topological polar surface area (TPSA) is 68.0 Å². The van der Waals surface area contributed by atoms with Gasteiger partial charge in [0.15, 0.2) is 5.16 Å². The summed E-state index contributed by atoms with van der Waals surface area (Å²) in [6.07, 6.45) is -5.27. The molecule has 1 rings (SSSR count). The van der Waals surface area contributed by atoms with Crippen LogP contribution in [0.15, 0.2) is 5.16 Å². The van der Waals surface area contributed by atoms with Crippen LogP contribution < -0.4 is 0 Å². The third kappa shape index (κ3) is 5.09. The van der Waals surface area contributed by atoms with Gasteiger partial charge in [0, 0.05) is 12.5 Å². The quantitative estimate of drug-likeness (QED) is 0.817. The first-order chi connectivity index (χ1) is 8.70. The van der Waals surface area contributed by atoms with Gasteiger partial charge in [-0.05, 0) is 0 Å². The molecule has 1 aromatic heterocycles. The number of carboxylic acids is 1. The molecule has 0 unspecified atom stereocenters. The molecule has 0 aliphatic heterocycles. The predicted octanol–water partition coefficient (Wildman–Crippen LogP) is 2.53. The Hall–Kier alpha value is -1.25. The zero-order chi connectivity index (χ0) is 14.6. The van der Waals surface area contributed by atoms with Crippen molar-refractivity contribution in [2.24, 2.45) is 0 Å². The first kappa shape index (κ1) is 15.8. The van der Waals surface area contributed by atoms with E-state index in [0.717, 1.165) is 11.8 Å². The standard InChI is InChI=1S/C10H14F3N3O2S/c1-6(2)8-14-15-9(19-5-7(17)18)16(8)4-3-10(11,12)13/h6H,3-5H2,1-2H3,(H,17,18). The van der Waals surface area contributed by atoms with Crippen LogP contribution in [0.3, 0.4) is 0 Å². The average molecular weight is 297 g/mol. The fourth-order valence-corrected chi connectivity index (χ4v) is 2.10. The van der Waals surface area contributed by atoms with E-state index in [-0.39, 0.29) is 23.4 Å². The summed E-state index contributed by atoms with van der Waals surface area (Å²) in [6.45, 7) is 3.28. The first-order valence-corrected chi connectivity index (χ1v) is 6.53. The molecule has 0 saturated carbocycles. The second kappa shape index (κ2) is 6.27. The van der Waals surface area contributed by atoms with Crippen LogP contribution in [0.2, 0.25) is 0 Å². The number of aliphatic carboxylic acids is 1. The number of halogens is 3. The van der Waals surface area contributed by atoms with E-state index < -0.39 is 18.6 Å². The number of carbonyl (C=O) groups is 1. The molecule has 19 heavy (non-hydrogen) atoms. The average Bonchev–Trinajstić information content (AvgIpc) is 2.65. The van der Waals surface area contributed by atoms with Gasteiger partial charge in [-0.25, -0.2) is 0 Å². The Kier molecular flexibility index (Phi) is 5.21. The molecular weight excluding hydrogens is 283 g/mol. The van der Waals surface area contributed by atoms with Crippen LogP contribution in [-0.2, 0) is 11.3 Å². The zero-order valence-corrected chi connectivity index (χ0v) is 11.3. The lowest BCUT2D eigenvalue weighted by molar-refractivity contribution is -0.137. The molecule has 1 N–H and O–H groups in total. The van der Waals surface area contributed by atoms with Crippen molar-refractivity contribution in [2.45, 2.75) is 44.1 Å². The summed E-state index contributed by atoms with van der Waals surface area (Å²) >= 11 is 0.866. The van der Waals surface area contributed by atoms with Crippen molar-refractivity contribution in [1.82, 2.24) is 14.8 Å². The monoisotopic (exact) mass is 297 g/mol. The van der Waals surface area contributed by atoms with Gasteiger partial charge in [-0.1, -0.05) is 25.6 Å². The molecule has 0 aliphatic rings. The fourth-order valence-electron chi connectivity index (χ4n) is 1.41. The number of alkyl halides is 3. The van der Waals surface area contributed by atoms with Crippen molar-refractivity contribution in [3.8, 4) is 0 Å². The Morgan fingerprint density at radius 2 is 2.05 bits per heavy atom. The molecule has 0 aromatic carbocycles. The lowest BCUT2D eigenvalue weighted by Gasteiger charge is -2.12. The fraction of sp³-hybridized carbons (Fsp3) is 0.700. The maximum atomic E-state index is 12.3. The van der Waals surface area contributed by atoms with Crippen LogP contribution in [0.25, 0.3) is 0 Å². The van der Waals surface area contributed by atoms with Gasteiger partial charge < -0.3 is 9.67 Å². The van der Waals surface area contributed by atoms with Gasteiger partial charge in [-0.3, -0.25) is 4.79 Å². The van der Waals surface area contributed by atoms with Crippen molar-refractivity contribution < 1.29 is 23.1 Å². The van der Waals surface area contributed by atoms with Gasteiger partial charge in [0.1, 0.15) is 5.82 Å². The number of rotatable bonds is 6. The van der Waals surface area contributed by atoms with E-state index in [2.05, 4.69) is 10.2 Å². The highest BCUT2D eigenvalue weighted by molar-refractivity contribution is 7.99. The van der Waals surface area contributed by atoms with Crippen molar-refractivity contribution in [3.63, 3.8) is 0 Å². The normalized spacial score (nSPS) is 12.1. The summed E-state index contributed by atoms with van der Waals surface area (Å²) in [6, 6.07) is 0. The molecule has 0 fully saturated rings. The van der Waals surface area contributed by atoms with Crippen LogP contribution in [-0.4, -0.2) is 37.8 Å².